The van der Waals surface area contributed by atoms with E-state index < -0.39 is 17.5 Å². The summed E-state index contributed by atoms with van der Waals surface area (Å²) in [5.74, 6) is -2.64. The lowest BCUT2D eigenvalue weighted by Gasteiger charge is -2.28. The van der Waals surface area contributed by atoms with Gasteiger partial charge in [0, 0.05) is 0 Å². The maximum absolute atomic E-state index is 13.3. The second kappa shape index (κ2) is 6.96. The topological polar surface area (TPSA) is 0 Å². The Morgan fingerprint density at radius 1 is 1.05 bits per heavy atom. The highest BCUT2D eigenvalue weighted by Crippen LogP contribution is 2.38. The fourth-order valence-electron chi connectivity index (χ4n) is 3.09. The monoisotopic (exact) mass is 282 g/mol. The summed E-state index contributed by atoms with van der Waals surface area (Å²) in [6, 6.07) is 2.31. The standard InChI is InChI=1S/C17H21F3/c1-2-3-4-5-12-6-8-13(9-7-12)14-10-15(18)17(20)16(19)11-14/h2-3,10-13H,4-9H2,1H3/b3-2+/t12-,13-. The van der Waals surface area contributed by atoms with Crippen molar-refractivity contribution < 1.29 is 13.2 Å². The number of hydrogen-bond donors (Lipinski definition) is 0. The third-order valence-corrected chi connectivity index (χ3v) is 4.30. The quantitative estimate of drug-likeness (QED) is 0.488. The summed E-state index contributed by atoms with van der Waals surface area (Å²) < 4.78 is 39.5. The van der Waals surface area contributed by atoms with Gasteiger partial charge in [0.2, 0.25) is 0 Å². The van der Waals surface area contributed by atoms with Crippen LogP contribution in [0, 0.1) is 23.4 Å². The molecular formula is C17H21F3. The first-order valence-corrected chi connectivity index (χ1v) is 7.37. The third-order valence-electron chi connectivity index (χ3n) is 4.30. The Morgan fingerprint density at radius 3 is 2.20 bits per heavy atom. The van der Waals surface area contributed by atoms with E-state index in [1.807, 2.05) is 6.92 Å². The molecule has 1 aromatic rings. The molecule has 0 atom stereocenters. The lowest BCUT2D eigenvalue weighted by atomic mass is 9.77. The van der Waals surface area contributed by atoms with Gasteiger partial charge in [-0.2, -0.15) is 0 Å². The van der Waals surface area contributed by atoms with Crippen LogP contribution in [0.3, 0.4) is 0 Å². The first-order chi connectivity index (χ1) is 9.61. The van der Waals surface area contributed by atoms with Crippen LogP contribution in [-0.4, -0.2) is 0 Å². The normalized spacial score (nSPS) is 23.4. The zero-order valence-electron chi connectivity index (χ0n) is 11.8. The largest absolute Gasteiger partial charge is 0.204 e. The van der Waals surface area contributed by atoms with Crippen molar-refractivity contribution in [3.8, 4) is 0 Å². The highest BCUT2D eigenvalue weighted by molar-refractivity contribution is 5.23. The Hall–Kier alpha value is -1.25. The molecule has 1 saturated carbocycles. The van der Waals surface area contributed by atoms with E-state index >= 15 is 0 Å². The zero-order valence-corrected chi connectivity index (χ0v) is 11.8. The van der Waals surface area contributed by atoms with Gasteiger partial charge in [0.25, 0.3) is 0 Å². The van der Waals surface area contributed by atoms with Crippen molar-refractivity contribution in [1.29, 1.82) is 0 Å². The first-order valence-electron chi connectivity index (χ1n) is 7.37. The van der Waals surface area contributed by atoms with Gasteiger partial charge >= 0.3 is 0 Å². The highest BCUT2D eigenvalue weighted by Gasteiger charge is 2.23. The molecule has 0 saturated heterocycles. The van der Waals surface area contributed by atoms with Gasteiger partial charge in [-0.25, -0.2) is 13.2 Å². The van der Waals surface area contributed by atoms with E-state index in [0.717, 1.165) is 44.2 Å². The summed E-state index contributed by atoms with van der Waals surface area (Å²) in [7, 11) is 0. The summed E-state index contributed by atoms with van der Waals surface area (Å²) in [4.78, 5) is 0. The fraction of sp³-hybridized carbons (Fsp3) is 0.529. The van der Waals surface area contributed by atoms with Crippen LogP contribution in [0.2, 0.25) is 0 Å². The number of rotatable bonds is 4. The van der Waals surface area contributed by atoms with Gasteiger partial charge in [0.05, 0.1) is 0 Å². The Kier molecular flexibility index (Phi) is 5.27. The van der Waals surface area contributed by atoms with E-state index in [9.17, 15) is 13.2 Å². The molecule has 1 aliphatic rings. The van der Waals surface area contributed by atoms with Crippen LogP contribution in [0.4, 0.5) is 13.2 Å². The molecule has 1 aromatic carbocycles. The fourth-order valence-corrected chi connectivity index (χ4v) is 3.09. The molecule has 0 aromatic heterocycles. The maximum Gasteiger partial charge on any atom is 0.194 e. The molecule has 0 N–H and O–H groups in total. The second-order valence-corrected chi connectivity index (χ2v) is 5.66. The molecule has 0 bridgehead atoms. The molecule has 1 aliphatic carbocycles. The summed E-state index contributed by atoms with van der Waals surface area (Å²) in [5, 5.41) is 0. The molecule has 2 rings (SSSR count). The minimum absolute atomic E-state index is 0.164. The van der Waals surface area contributed by atoms with Crippen molar-refractivity contribution in [2.75, 3.05) is 0 Å². The highest BCUT2D eigenvalue weighted by atomic mass is 19.2. The van der Waals surface area contributed by atoms with Gasteiger partial charge in [-0.05, 0) is 75.0 Å². The van der Waals surface area contributed by atoms with Gasteiger partial charge in [-0.15, -0.1) is 0 Å². The lowest BCUT2D eigenvalue weighted by molar-refractivity contribution is 0.310. The van der Waals surface area contributed by atoms with E-state index in [-0.39, 0.29) is 5.92 Å². The van der Waals surface area contributed by atoms with Crippen LogP contribution < -0.4 is 0 Å². The second-order valence-electron chi connectivity index (χ2n) is 5.66. The zero-order chi connectivity index (χ0) is 14.5. The molecule has 0 unspecified atom stereocenters. The summed E-state index contributed by atoms with van der Waals surface area (Å²) in [6.07, 6.45) is 10.6. The minimum atomic E-state index is -1.37. The average Bonchev–Trinajstić information content (AvgIpc) is 2.45. The maximum atomic E-state index is 13.3. The van der Waals surface area contributed by atoms with Crippen LogP contribution in [0.5, 0.6) is 0 Å². The van der Waals surface area contributed by atoms with Crippen LogP contribution in [0.25, 0.3) is 0 Å². The van der Waals surface area contributed by atoms with E-state index in [1.54, 1.807) is 0 Å². The SMILES string of the molecule is C/C=C/CC[C@H]1CC[C@H](c2cc(F)c(F)c(F)c2)CC1. The lowest BCUT2D eigenvalue weighted by Crippen LogP contribution is -2.14. The number of hydrogen-bond acceptors (Lipinski definition) is 0. The van der Waals surface area contributed by atoms with E-state index in [1.165, 1.54) is 6.42 Å². The Balaban J connectivity index is 1.93. The Bertz CT molecular complexity index is 448. The molecule has 0 nitrogen and oxygen atoms in total. The van der Waals surface area contributed by atoms with Gasteiger partial charge < -0.3 is 0 Å². The summed E-state index contributed by atoms with van der Waals surface area (Å²) >= 11 is 0. The predicted octanol–water partition coefficient (Wildman–Crippen LogP) is 5.73. The molecule has 0 radical (unpaired) electrons. The Morgan fingerprint density at radius 2 is 1.65 bits per heavy atom. The van der Waals surface area contributed by atoms with Gasteiger partial charge in [-0.3, -0.25) is 0 Å². The first kappa shape index (κ1) is 15.1. The van der Waals surface area contributed by atoms with Gasteiger partial charge in [-0.1, -0.05) is 12.2 Å². The predicted molar refractivity (Wildman–Crippen MR) is 75.1 cm³/mol. The molecule has 0 heterocycles. The molecule has 0 aliphatic heterocycles. The Labute approximate surface area is 118 Å². The van der Waals surface area contributed by atoms with Crippen LogP contribution in [-0.2, 0) is 0 Å². The average molecular weight is 282 g/mol. The molecule has 110 valence electrons. The van der Waals surface area contributed by atoms with Crippen LogP contribution in [0.15, 0.2) is 24.3 Å². The van der Waals surface area contributed by atoms with Gasteiger partial charge in [0.1, 0.15) is 0 Å². The van der Waals surface area contributed by atoms with E-state index in [0.29, 0.717) is 11.5 Å². The molecule has 20 heavy (non-hydrogen) atoms. The van der Waals surface area contributed by atoms with Crippen molar-refractivity contribution in [3.63, 3.8) is 0 Å². The summed E-state index contributed by atoms with van der Waals surface area (Å²) in [6.45, 7) is 2.02. The van der Waals surface area contributed by atoms with Crippen LogP contribution in [0.1, 0.15) is 56.9 Å². The van der Waals surface area contributed by atoms with Gasteiger partial charge in [0.15, 0.2) is 17.5 Å². The molecular weight excluding hydrogens is 261 g/mol. The van der Waals surface area contributed by atoms with Crippen molar-refractivity contribution >= 4 is 0 Å². The van der Waals surface area contributed by atoms with E-state index in [2.05, 4.69) is 12.2 Å². The van der Waals surface area contributed by atoms with Crippen LogP contribution >= 0.6 is 0 Å². The molecule has 0 spiro atoms. The number of halogens is 3. The molecule has 3 heteroatoms. The van der Waals surface area contributed by atoms with Crippen molar-refractivity contribution in [2.24, 2.45) is 5.92 Å². The van der Waals surface area contributed by atoms with Crippen molar-refractivity contribution in [3.05, 3.63) is 47.3 Å². The molecule has 1 fully saturated rings. The number of benzene rings is 1. The molecule has 0 amide bonds. The van der Waals surface area contributed by atoms with Crippen molar-refractivity contribution in [2.45, 2.75) is 51.4 Å². The third kappa shape index (κ3) is 3.65. The van der Waals surface area contributed by atoms with Crippen molar-refractivity contribution in [1.82, 2.24) is 0 Å². The smallest absolute Gasteiger partial charge is 0.194 e. The number of allylic oxidation sites excluding steroid dienone is 2. The minimum Gasteiger partial charge on any atom is -0.204 e. The van der Waals surface area contributed by atoms with E-state index in [4.69, 9.17) is 0 Å². The summed E-state index contributed by atoms with van der Waals surface area (Å²) in [5.41, 5.74) is 0.605.